The Bertz CT molecular complexity index is 764. The van der Waals surface area contributed by atoms with Crippen molar-refractivity contribution < 1.29 is 24.2 Å². The molecule has 2 N–H and O–H groups in total. The zero-order chi connectivity index (χ0) is 20.5. The number of nitrogens with zero attached hydrogens (tertiary/aromatic N) is 2. The van der Waals surface area contributed by atoms with Crippen LogP contribution in [0.1, 0.15) is 11.1 Å². The Kier molecular flexibility index (Phi) is 8.56. The maximum absolute atomic E-state index is 13.9. The fraction of sp³-hybridized carbons (Fsp3) is 0.300. The minimum absolute atomic E-state index is 0.124. The molecular formula is C20H22BrFN2O4. The Labute approximate surface area is 171 Å². The number of halogens is 2. The van der Waals surface area contributed by atoms with Crippen LogP contribution in [-0.4, -0.2) is 58.1 Å². The first-order valence-electron chi connectivity index (χ1n) is 8.74. The molecule has 6 nitrogen and oxygen atoms in total. The zero-order valence-electron chi connectivity index (χ0n) is 15.2. The van der Waals surface area contributed by atoms with Crippen molar-refractivity contribution in [2.45, 2.75) is 13.1 Å². The molecule has 1 aliphatic rings. The minimum Gasteiger partial charge on any atom is -0.473 e. The highest BCUT2D eigenvalue weighted by atomic mass is 79.9. The van der Waals surface area contributed by atoms with E-state index in [1.807, 2.05) is 12.1 Å². The van der Waals surface area contributed by atoms with E-state index in [0.717, 1.165) is 42.8 Å². The molecule has 0 atom stereocenters. The Morgan fingerprint density at radius 3 is 1.89 bits per heavy atom. The van der Waals surface area contributed by atoms with Gasteiger partial charge >= 0.3 is 11.9 Å². The fourth-order valence-electron chi connectivity index (χ4n) is 2.85. The number of carboxylic acid groups (broad SMARTS) is 2. The SMILES string of the molecule is Fc1cccc(Br)c1CN1CCN(Cc2ccccc2)CC1.O=C(O)C(=O)O. The van der Waals surface area contributed by atoms with Crippen molar-refractivity contribution in [3.8, 4) is 0 Å². The van der Waals surface area contributed by atoms with Gasteiger partial charge in [-0.2, -0.15) is 0 Å². The maximum atomic E-state index is 13.9. The van der Waals surface area contributed by atoms with Crippen LogP contribution in [0.4, 0.5) is 4.39 Å². The Hall–Kier alpha value is -2.29. The van der Waals surface area contributed by atoms with E-state index in [1.54, 1.807) is 6.07 Å². The summed E-state index contributed by atoms with van der Waals surface area (Å²) < 4.78 is 14.8. The first kappa shape index (κ1) is 22.0. The normalized spacial score (nSPS) is 14.8. The summed E-state index contributed by atoms with van der Waals surface area (Å²) >= 11 is 3.45. The van der Waals surface area contributed by atoms with Gasteiger partial charge in [-0.05, 0) is 17.7 Å². The molecule has 0 amide bonds. The average molecular weight is 453 g/mol. The lowest BCUT2D eigenvalue weighted by Crippen LogP contribution is -2.45. The number of hydrogen-bond acceptors (Lipinski definition) is 4. The monoisotopic (exact) mass is 452 g/mol. The molecule has 0 spiro atoms. The molecule has 1 saturated heterocycles. The molecule has 150 valence electrons. The molecule has 3 rings (SSSR count). The van der Waals surface area contributed by atoms with E-state index in [-0.39, 0.29) is 5.82 Å². The van der Waals surface area contributed by atoms with Gasteiger partial charge in [0.15, 0.2) is 0 Å². The third kappa shape index (κ3) is 7.03. The molecule has 8 heteroatoms. The lowest BCUT2D eigenvalue weighted by atomic mass is 10.1. The smallest absolute Gasteiger partial charge is 0.414 e. The molecule has 28 heavy (non-hydrogen) atoms. The van der Waals surface area contributed by atoms with Crippen LogP contribution in [0.15, 0.2) is 53.0 Å². The Morgan fingerprint density at radius 2 is 1.39 bits per heavy atom. The van der Waals surface area contributed by atoms with Crippen molar-refractivity contribution in [1.82, 2.24) is 9.80 Å². The highest BCUT2D eigenvalue weighted by Gasteiger charge is 2.19. The summed E-state index contributed by atoms with van der Waals surface area (Å²) in [6.45, 7) is 5.69. The second kappa shape index (κ2) is 10.9. The van der Waals surface area contributed by atoms with Gasteiger partial charge in [0.05, 0.1) is 0 Å². The second-order valence-corrected chi connectivity index (χ2v) is 7.20. The number of benzene rings is 2. The predicted octanol–water partition coefficient (Wildman–Crippen LogP) is 3.06. The van der Waals surface area contributed by atoms with Crippen LogP contribution in [0.25, 0.3) is 0 Å². The van der Waals surface area contributed by atoms with E-state index in [0.29, 0.717) is 6.54 Å². The number of carbonyl (C=O) groups is 2. The van der Waals surface area contributed by atoms with E-state index < -0.39 is 11.9 Å². The van der Waals surface area contributed by atoms with Gasteiger partial charge in [0.2, 0.25) is 0 Å². The van der Waals surface area contributed by atoms with Crippen LogP contribution < -0.4 is 0 Å². The summed E-state index contributed by atoms with van der Waals surface area (Å²) in [6, 6.07) is 15.7. The predicted molar refractivity (Wildman–Crippen MR) is 106 cm³/mol. The van der Waals surface area contributed by atoms with Gasteiger partial charge in [-0.15, -0.1) is 0 Å². The number of piperazine rings is 1. The van der Waals surface area contributed by atoms with Gasteiger partial charge in [-0.25, -0.2) is 14.0 Å². The summed E-state index contributed by atoms with van der Waals surface area (Å²) in [6.07, 6.45) is 0. The van der Waals surface area contributed by atoms with Crippen LogP contribution in [0.5, 0.6) is 0 Å². The third-order valence-corrected chi connectivity index (χ3v) is 5.08. The maximum Gasteiger partial charge on any atom is 0.414 e. The molecule has 0 aliphatic carbocycles. The molecule has 1 aliphatic heterocycles. The Morgan fingerprint density at radius 1 is 0.857 bits per heavy atom. The third-order valence-electron chi connectivity index (χ3n) is 4.34. The van der Waals surface area contributed by atoms with Gasteiger partial charge in [0.25, 0.3) is 0 Å². The van der Waals surface area contributed by atoms with Crippen molar-refractivity contribution in [2.75, 3.05) is 26.2 Å². The number of rotatable bonds is 4. The number of aliphatic carboxylic acids is 2. The lowest BCUT2D eigenvalue weighted by Gasteiger charge is -2.35. The van der Waals surface area contributed by atoms with E-state index in [4.69, 9.17) is 19.8 Å². The largest absolute Gasteiger partial charge is 0.473 e. The summed E-state index contributed by atoms with van der Waals surface area (Å²) in [7, 11) is 0. The minimum atomic E-state index is -1.82. The number of carboxylic acids is 2. The first-order chi connectivity index (χ1) is 13.4. The van der Waals surface area contributed by atoms with Crippen LogP contribution in [0, 0.1) is 5.82 Å². The van der Waals surface area contributed by atoms with Crippen molar-refractivity contribution in [3.05, 3.63) is 69.9 Å². The number of hydrogen-bond donors (Lipinski definition) is 2. The van der Waals surface area contributed by atoms with Gasteiger partial charge in [-0.1, -0.05) is 52.3 Å². The zero-order valence-corrected chi connectivity index (χ0v) is 16.8. The van der Waals surface area contributed by atoms with Crippen molar-refractivity contribution >= 4 is 27.9 Å². The standard InChI is InChI=1S/C18H20BrFN2.C2H2O4/c19-17-7-4-8-18(20)16(17)14-22-11-9-21(10-12-22)13-15-5-2-1-3-6-15;3-1(4)2(5)6/h1-8H,9-14H2;(H,3,4)(H,5,6). The van der Waals surface area contributed by atoms with Gasteiger partial charge in [0.1, 0.15) is 5.82 Å². The van der Waals surface area contributed by atoms with Crippen LogP contribution >= 0.6 is 15.9 Å². The molecule has 2 aromatic carbocycles. The van der Waals surface area contributed by atoms with Crippen LogP contribution in [0.3, 0.4) is 0 Å². The summed E-state index contributed by atoms with van der Waals surface area (Å²) in [5.74, 6) is -3.77. The molecule has 0 unspecified atom stereocenters. The average Bonchev–Trinajstić information content (AvgIpc) is 2.67. The highest BCUT2D eigenvalue weighted by molar-refractivity contribution is 9.10. The molecule has 0 bridgehead atoms. The van der Waals surface area contributed by atoms with Crippen molar-refractivity contribution in [2.24, 2.45) is 0 Å². The Balaban J connectivity index is 0.000000409. The summed E-state index contributed by atoms with van der Waals surface area (Å²) in [4.78, 5) is 23.0. The molecule has 1 fully saturated rings. The van der Waals surface area contributed by atoms with E-state index in [9.17, 15) is 4.39 Å². The van der Waals surface area contributed by atoms with Crippen molar-refractivity contribution in [3.63, 3.8) is 0 Å². The van der Waals surface area contributed by atoms with Gasteiger partial charge in [0, 0.05) is 49.3 Å². The fourth-order valence-corrected chi connectivity index (χ4v) is 3.32. The van der Waals surface area contributed by atoms with E-state index >= 15 is 0 Å². The van der Waals surface area contributed by atoms with Crippen molar-refractivity contribution in [1.29, 1.82) is 0 Å². The lowest BCUT2D eigenvalue weighted by molar-refractivity contribution is -0.159. The van der Waals surface area contributed by atoms with Crippen LogP contribution in [0.2, 0.25) is 0 Å². The van der Waals surface area contributed by atoms with Crippen LogP contribution in [-0.2, 0) is 22.7 Å². The molecule has 0 aromatic heterocycles. The van der Waals surface area contributed by atoms with E-state index in [2.05, 4.69) is 50.0 Å². The summed E-state index contributed by atoms with van der Waals surface area (Å²) in [5, 5.41) is 14.8. The highest BCUT2D eigenvalue weighted by Crippen LogP contribution is 2.22. The topological polar surface area (TPSA) is 81.1 Å². The molecule has 2 aromatic rings. The van der Waals surface area contributed by atoms with Gasteiger partial charge < -0.3 is 10.2 Å². The first-order valence-corrected chi connectivity index (χ1v) is 9.54. The molecular weight excluding hydrogens is 431 g/mol. The second-order valence-electron chi connectivity index (χ2n) is 6.35. The molecule has 1 heterocycles. The molecule has 0 saturated carbocycles. The van der Waals surface area contributed by atoms with E-state index in [1.165, 1.54) is 11.6 Å². The summed E-state index contributed by atoms with van der Waals surface area (Å²) in [5.41, 5.74) is 2.12. The molecule has 0 radical (unpaired) electrons. The quantitative estimate of drug-likeness (QED) is 0.693. The van der Waals surface area contributed by atoms with Gasteiger partial charge in [-0.3, -0.25) is 9.80 Å².